The molecule has 3 aromatic rings. The minimum Gasteiger partial charge on any atom is -0.444 e. The van der Waals surface area contributed by atoms with Gasteiger partial charge in [0, 0.05) is 25.0 Å². The molecule has 9 nitrogen and oxygen atoms in total. The summed E-state index contributed by atoms with van der Waals surface area (Å²) in [6.07, 6.45) is -0.812. The molecule has 0 saturated carbocycles. The van der Waals surface area contributed by atoms with E-state index in [-0.39, 0.29) is 23.6 Å². The van der Waals surface area contributed by atoms with Gasteiger partial charge in [-0.2, -0.15) is 18.3 Å². The Morgan fingerprint density at radius 3 is 2.34 bits per heavy atom. The van der Waals surface area contributed by atoms with Gasteiger partial charge in [0.15, 0.2) is 5.82 Å². The number of alkyl halides is 3. The predicted molar refractivity (Wildman–Crippen MR) is 150 cm³/mol. The maximum Gasteiger partial charge on any atom is 0.410 e. The van der Waals surface area contributed by atoms with E-state index in [0.717, 1.165) is 6.42 Å². The topological polar surface area (TPSA) is 104 Å². The van der Waals surface area contributed by atoms with Crippen LogP contribution in [0.3, 0.4) is 0 Å². The summed E-state index contributed by atoms with van der Waals surface area (Å²) in [5.74, 6) is 0.321. The first-order chi connectivity index (χ1) is 19.3. The Balaban J connectivity index is 1.44. The Morgan fingerprint density at radius 1 is 1.10 bits per heavy atom. The largest absolute Gasteiger partial charge is 0.444 e. The fourth-order valence-corrected chi connectivity index (χ4v) is 6.04. The SMILES string of the molecule is CCC1(n2nc(Nc3ccc([C@]4(C(F)(F)F)CCCN4)cc3)c3c(=O)[nH]ccc32)CCN(C(=O)OC(C)(C)C)CC1. The Kier molecular flexibility index (Phi) is 7.33. The Bertz CT molecular complexity index is 1460. The fraction of sp³-hybridized carbons (Fsp3) is 0.552. The maximum absolute atomic E-state index is 14.0. The van der Waals surface area contributed by atoms with Crippen molar-refractivity contribution < 1.29 is 22.7 Å². The number of nitrogens with one attached hydrogen (secondary N) is 3. The van der Waals surface area contributed by atoms with Crippen molar-refractivity contribution in [1.82, 2.24) is 25.0 Å². The van der Waals surface area contributed by atoms with Crippen LogP contribution < -0.4 is 16.2 Å². The zero-order valence-corrected chi connectivity index (χ0v) is 23.8. The summed E-state index contributed by atoms with van der Waals surface area (Å²) in [4.78, 5) is 30.0. The third kappa shape index (κ3) is 5.29. The van der Waals surface area contributed by atoms with Crippen molar-refractivity contribution in [2.75, 3.05) is 25.0 Å². The van der Waals surface area contributed by atoms with Crippen molar-refractivity contribution >= 4 is 28.5 Å². The molecule has 2 aromatic heterocycles. The van der Waals surface area contributed by atoms with E-state index in [0.29, 0.717) is 61.3 Å². The molecule has 1 aromatic carbocycles. The molecule has 0 radical (unpaired) electrons. The molecule has 0 aliphatic carbocycles. The number of aromatic amines is 1. The number of fused-ring (bicyclic) bond motifs is 1. The van der Waals surface area contributed by atoms with Gasteiger partial charge in [-0.05, 0) is 83.2 Å². The average molecular weight is 575 g/mol. The van der Waals surface area contributed by atoms with Crippen molar-refractivity contribution in [3.8, 4) is 0 Å². The number of hydrogen-bond donors (Lipinski definition) is 3. The van der Waals surface area contributed by atoms with Crippen LogP contribution in [0.15, 0.2) is 41.3 Å². The first-order valence-electron chi connectivity index (χ1n) is 14.1. The van der Waals surface area contributed by atoms with Crippen LogP contribution >= 0.6 is 0 Å². The van der Waals surface area contributed by atoms with Gasteiger partial charge in [-0.1, -0.05) is 19.1 Å². The van der Waals surface area contributed by atoms with Gasteiger partial charge in [0.2, 0.25) is 0 Å². The summed E-state index contributed by atoms with van der Waals surface area (Å²) in [6.45, 7) is 8.82. The van der Waals surface area contributed by atoms with Crippen LogP contribution in [0.5, 0.6) is 0 Å². The number of anilines is 2. The fourth-order valence-electron chi connectivity index (χ4n) is 6.04. The van der Waals surface area contributed by atoms with Gasteiger partial charge in [0.1, 0.15) is 16.5 Å². The quantitative estimate of drug-likeness (QED) is 0.359. The van der Waals surface area contributed by atoms with Gasteiger partial charge < -0.3 is 19.9 Å². The number of halogens is 3. The average Bonchev–Trinajstić information content (AvgIpc) is 3.56. The second kappa shape index (κ2) is 10.4. The highest BCUT2D eigenvalue weighted by Crippen LogP contribution is 2.45. The van der Waals surface area contributed by atoms with E-state index in [1.807, 2.05) is 25.5 Å². The number of piperidine rings is 1. The van der Waals surface area contributed by atoms with Gasteiger partial charge in [-0.15, -0.1) is 0 Å². The molecule has 0 unspecified atom stereocenters. The summed E-state index contributed by atoms with van der Waals surface area (Å²) in [6, 6.07) is 7.91. The molecule has 2 saturated heterocycles. The zero-order chi connectivity index (χ0) is 29.6. The number of carbonyl (C=O) groups excluding carboxylic acids is 1. The van der Waals surface area contributed by atoms with E-state index in [9.17, 15) is 22.8 Å². The summed E-state index contributed by atoms with van der Waals surface area (Å²) in [7, 11) is 0. The van der Waals surface area contributed by atoms with Crippen LogP contribution in [0.4, 0.5) is 29.5 Å². The highest BCUT2D eigenvalue weighted by molar-refractivity contribution is 5.91. The lowest BCUT2D eigenvalue weighted by Crippen LogP contribution is -2.49. The zero-order valence-electron chi connectivity index (χ0n) is 23.8. The lowest BCUT2D eigenvalue weighted by molar-refractivity contribution is -0.196. The van der Waals surface area contributed by atoms with Crippen LogP contribution in [0.1, 0.15) is 65.4 Å². The van der Waals surface area contributed by atoms with Crippen LogP contribution in [-0.2, 0) is 15.8 Å². The van der Waals surface area contributed by atoms with Gasteiger partial charge in [0.25, 0.3) is 5.56 Å². The molecule has 0 bridgehead atoms. The molecule has 1 atom stereocenters. The summed E-state index contributed by atoms with van der Waals surface area (Å²) in [5, 5.41) is 11.0. The van der Waals surface area contributed by atoms with Crippen molar-refractivity contribution in [2.24, 2.45) is 0 Å². The van der Waals surface area contributed by atoms with Crippen LogP contribution in [-0.4, -0.2) is 57.2 Å². The lowest BCUT2D eigenvalue weighted by Gasteiger charge is -2.42. The molecule has 2 aliphatic heterocycles. The van der Waals surface area contributed by atoms with Crippen LogP contribution in [0.25, 0.3) is 10.9 Å². The highest BCUT2D eigenvalue weighted by Gasteiger charge is 2.57. The molecular formula is C29H37F3N6O3. The van der Waals surface area contributed by atoms with Gasteiger partial charge in [-0.3, -0.25) is 14.8 Å². The van der Waals surface area contributed by atoms with Crippen molar-refractivity contribution in [2.45, 2.75) is 82.7 Å². The van der Waals surface area contributed by atoms with Gasteiger partial charge in [-0.25, -0.2) is 4.79 Å². The smallest absolute Gasteiger partial charge is 0.410 e. The minimum atomic E-state index is -4.42. The number of ether oxygens (including phenoxy) is 1. The van der Waals surface area contributed by atoms with Gasteiger partial charge in [0.05, 0.1) is 11.1 Å². The molecule has 222 valence electrons. The van der Waals surface area contributed by atoms with Crippen LogP contribution in [0, 0.1) is 0 Å². The highest BCUT2D eigenvalue weighted by atomic mass is 19.4. The van der Waals surface area contributed by atoms with Gasteiger partial charge >= 0.3 is 12.3 Å². The molecule has 5 rings (SSSR count). The molecule has 12 heteroatoms. The lowest BCUT2D eigenvalue weighted by atomic mass is 9.85. The third-order valence-electron chi connectivity index (χ3n) is 8.34. The van der Waals surface area contributed by atoms with E-state index in [4.69, 9.17) is 9.84 Å². The molecule has 0 spiro atoms. The molecule has 4 heterocycles. The number of rotatable bonds is 5. The normalized spacial score (nSPS) is 21.3. The number of hydrogen-bond acceptors (Lipinski definition) is 6. The van der Waals surface area contributed by atoms with E-state index < -0.39 is 22.9 Å². The molecule has 2 fully saturated rings. The Hall–Kier alpha value is -3.54. The second-order valence-corrected chi connectivity index (χ2v) is 12.0. The van der Waals surface area contributed by atoms with Crippen LogP contribution in [0.2, 0.25) is 0 Å². The number of carbonyl (C=O) groups is 1. The maximum atomic E-state index is 14.0. The van der Waals surface area contributed by atoms with Crippen molar-refractivity contribution in [1.29, 1.82) is 0 Å². The Morgan fingerprint density at radius 2 is 1.78 bits per heavy atom. The molecule has 3 N–H and O–H groups in total. The van der Waals surface area contributed by atoms with E-state index >= 15 is 0 Å². The number of amides is 1. The monoisotopic (exact) mass is 574 g/mol. The molecule has 41 heavy (non-hydrogen) atoms. The minimum absolute atomic E-state index is 0.0157. The van der Waals surface area contributed by atoms with E-state index in [2.05, 4.69) is 22.5 Å². The molecule has 2 aliphatic rings. The number of likely N-dealkylation sites (tertiary alicyclic amines) is 1. The first kappa shape index (κ1) is 29.0. The standard InChI is InChI=1S/C29H37F3N6O3/c1-5-27(13-17-37(18-14-27)25(40)41-26(2,3)4)38-21-11-16-33-24(39)22(21)23(36-38)35-20-9-7-19(8-10-20)28(29(30,31)32)12-6-15-34-28/h7-11,16,34H,5-6,12-15,17-18H2,1-4H3,(H,33,39)(H,35,36)/t28-/m0/s1. The van der Waals surface area contributed by atoms with E-state index in [1.54, 1.807) is 29.3 Å². The number of benzene rings is 1. The summed E-state index contributed by atoms with van der Waals surface area (Å²) in [5.41, 5.74) is -2.09. The molecular weight excluding hydrogens is 537 g/mol. The Labute approximate surface area is 236 Å². The van der Waals surface area contributed by atoms with Crippen molar-refractivity contribution in [3.63, 3.8) is 0 Å². The number of pyridine rings is 1. The predicted octanol–water partition coefficient (Wildman–Crippen LogP) is 5.75. The summed E-state index contributed by atoms with van der Waals surface area (Å²) >= 11 is 0. The first-order valence-corrected chi connectivity index (χ1v) is 14.1. The number of aromatic nitrogens is 3. The van der Waals surface area contributed by atoms with Crippen molar-refractivity contribution in [3.05, 3.63) is 52.4 Å². The summed E-state index contributed by atoms with van der Waals surface area (Å²) < 4.78 is 49.4. The second-order valence-electron chi connectivity index (χ2n) is 12.0. The molecule has 1 amide bonds. The number of H-pyrrole nitrogens is 1. The number of nitrogens with zero attached hydrogens (tertiary/aromatic N) is 3. The van der Waals surface area contributed by atoms with E-state index in [1.165, 1.54) is 12.1 Å². The third-order valence-corrected chi connectivity index (χ3v) is 8.34.